The molecule has 0 radical (unpaired) electrons. The SMILES string of the molecule is CO/N=C1/C(C=O)C2CC1C2(C)C. The molecule has 0 aromatic rings. The summed E-state index contributed by atoms with van der Waals surface area (Å²) in [6, 6.07) is 0. The van der Waals surface area contributed by atoms with Gasteiger partial charge in [0, 0.05) is 5.92 Å². The number of fused-ring (bicyclic) bond motifs is 1. The van der Waals surface area contributed by atoms with Crippen LogP contribution in [0.5, 0.6) is 0 Å². The molecule has 0 amide bonds. The van der Waals surface area contributed by atoms with E-state index in [1.54, 1.807) is 0 Å². The Morgan fingerprint density at radius 2 is 2.31 bits per heavy atom. The average molecular weight is 181 g/mol. The van der Waals surface area contributed by atoms with Crippen molar-refractivity contribution >= 4 is 12.0 Å². The fourth-order valence-corrected chi connectivity index (χ4v) is 2.90. The molecule has 3 unspecified atom stereocenters. The standard InChI is InChI=1S/C10H15NO2/c1-10(2)7-4-8(10)9(11-13-3)6(7)5-12/h5-8H,4H2,1-3H3/b11-9-. The molecule has 0 aromatic heterocycles. The van der Waals surface area contributed by atoms with Crippen LogP contribution in [-0.4, -0.2) is 19.1 Å². The molecule has 72 valence electrons. The Labute approximate surface area is 78.1 Å². The fourth-order valence-electron chi connectivity index (χ4n) is 2.90. The second-order valence-electron chi connectivity index (χ2n) is 4.58. The minimum absolute atomic E-state index is 0.0138. The summed E-state index contributed by atoms with van der Waals surface area (Å²) in [5, 5.41) is 3.98. The summed E-state index contributed by atoms with van der Waals surface area (Å²) >= 11 is 0. The Morgan fingerprint density at radius 3 is 2.77 bits per heavy atom. The summed E-state index contributed by atoms with van der Waals surface area (Å²) in [6.07, 6.45) is 2.13. The predicted molar refractivity (Wildman–Crippen MR) is 49.4 cm³/mol. The molecule has 3 saturated carbocycles. The maximum absolute atomic E-state index is 10.9. The Morgan fingerprint density at radius 1 is 1.62 bits per heavy atom. The van der Waals surface area contributed by atoms with Gasteiger partial charge in [-0.1, -0.05) is 19.0 Å². The van der Waals surface area contributed by atoms with E-state index in [0.29, 0.717) is 11.8 Å². The monoisotopic (exact) mass is 181 g/mol. The Hall–Kier alpha value is -0.860. The van der Waals surface area contributed by atoms with E-state index in [1.165, 1.54) is 7.11 Å². The molecule has 0 N–H and O–H groups in total. The summed E-state index contributed by atoms with van der Waals surface area (Å²) < 4.78 is 0. The Balaban J connectivity index is 2.31. The largest absolute Gasteiger partial charge is 0.399 e. The predicted octanol–water partition coefficient (Wildman–Crippen LogP) is 1.48. The van der Waals surface area contributed by atoms with Gasteiger partial charge in [0.05, 0.1) is 11.6 Å². The topological polar surface area (TPSA) is 38.7 Å². The van der Waals surface area contributed by atoms with Crippen molar-refractivity contribution in [3.63, 3.8) is 0 Å². The lowest BCUT2D eigenvalue weighted by Crippen LogP contribution is -2.39. The first-order chi connectivity index (χ1) is 6.12. The molecule has 0 saturated heterocycles. The maximum atomic E-state index is 10.9. The van der Waals surface area contributed by atoms with Crippen LogP contribution in [0.25, 0.3) is 0 Å². The van der Waals surface area contributed by atoms with E-state index in [4.69, 9.17) is 4.84 Å². The lowest BCUT2D eigenvalue weighted by Gasteiger charge is -2.43. The number of oxime groups is 1. The summed E-state index contributed by atoms with van der Waals surface area (Å²) in [5.74, 6) is 0.969. The van der Waals surface area contributed by atoms with E-state index in [-0.39, 0.29) is 11.3 Å². The van der Waals surface area contributed by atoms with E-state index in [2.05, 4.69) is 19.0 Å². The summed E-state index contributed by atoms with van der Waals surface area (Å²) in [5.41, 5.74) is 1.22. The van der Waals surface area contributed by atoms with Crippen molar-refractivity contribution in [2.24, 2.45) is 28.3 Å². The van der Waals surface area contributed by atoms with E-state index < -0.39 is 0 Å². The van der Waals surface area contributed by atoms with Crippen LogP contribution in [0.1, 0.15) is 20.3 Å². The molecule has 0 spiro atoms. The quantitative estimate of drug-likeness (QED) is 0.478. The lowest BCUT2D eigenvalue weighted by molar-refractivity contribution is -0.112. The highest BCUT2D eigenvalue weighted by atomic mass is 16.6. The van der Waals surface area contributed by atoms with Crippen LogP contribution in [0.4, 0.5) is 0 Å². The summed E-state index contributed by atoms with van der Waals surface area (Å²) in [7, 11) is 1.54. The van der Waals surface area contributed by atoms with Gasteiger partial charge in [0.15, 0.2) is 0 Å². The van der Waals surface area contributed by atoms with Crippen LogP contribution < -0.4 is 0 Å². The normalized spacial score (nSPS) is 43.0. The second-order valence-corrected chi connectivity index (χ2v) is 4.58. The maximum Gasteiger partial charge on any atom is 0.129 e. The third kappa shape index (κ3) is 0.901. The van der Waals surface area contributed by atoms with E-state index in [1.807, 2.05) is 0 Å². The number of rotatable bonds is 2. The molecular weight excluding hydrogens is 166 g/mol. The van der Waals surface area contributed by atoms with E-state index in [9.17, 15) is 4.79 Å². The molecule has 3 fully saturated rings. The van der Waals surface area contributed by atoms with Crippen molar-refractivity contribution in [1.29, 1.82) is 0 Å². The van der Waals surface area contributed by atoms with Crippen LogP contribution in [-0.2, 0) is 9.63 Å². The van der Waals surface area contributed by atoms with Gasteiger partial charge in [-0.2, -0.15) is 0 Å². The molecule has 3 heteroatoms. The van der Waals surface area contributed by atoms with Gasteiger partial charge in [-0.05, 0) is 17.8 Å². The highest BCUT2D eigenvalue weighted by Gasteiger charge is 2.62. The van der Waals surface area contributed by atoms with Crippen LogP contribution in [0, 0.1) is 23.2 Å². The minimum Gasteiger partial charge on any atom is -0.399 e. The van der Waals surface area contributed by atoms with E-state index in [0.717, 1.165) is 18.4 Å². The first-order valence-electron chi connectivity index (χ1n) is 4.69. The van der Waals surface area contributed by atoms with Gasteiger partial charge in [0.1, 0.15) is 13.4 Å². The molecule has 0 aliphatic heterocycles. The van der Waals surface area contributed by atoms with Crippen LogP contribution in [0.2, 0.25) is 0 Å². The van der Waals surface area contributed by atoms with Crippen molar-refractivity contribution < 1.29 is 9.63 Å². The van der Waals surface area contributed by atoms with Gasteiger partial charge in [-0.3, -0.25) is 0 Å². The molecule has 3 aliphatic rings. The van der Waals surface area contributed by atoms with Crippen molar-refractivity contribution in [2.45, 2.75) is 20.3 Å². The summed E-state index contributed by atoms with van der Waals surface area (Å²) in [6.45, 7) is 4.42. The van der Waals surface area contributed by atoms with Crippen molar-refractivity contribution in [1.82, 2.24) is 0 Å². The van der Waals surface area contributed by atoms with Gasteiger partial charge in [-0.15, -0.1) is 0 Å². The number of carbonyl (C=O) groups is 1. The zero-order valence-corrected chi connectivity index (χ0v) is 8.28. The van der Waals surface area contributed by atoms with Crippen LogP contribution in [0.3, 0.4) is 0 Å². The number of aldehydes is 1. The molecule has 0 heterocycles. The summed E-state index contributed by atoms with van der Waals surface area (Å²) in [4.78, 5) is 15.7. The third-order valence-corrected chi connectivity index (χ3v) is 3.82. The molecule has 2 bridgehead atoms. The Bertz CT molecular complexity index is 270. The molecule has 0 aromatic carbocycles. The first-order valence-corrected chi connectivity index (χ1v) is 4.69. The first kappa shape index (κ1) is 8.73. The van der Waals surface area contributed by atoms with Gasteiger partial charge in [0.2, 0.25) is 0 Å². The zero-order valence-electron chi connectivity index (χ0n) is 8.28. The van der Waals surface area contributed by atoms with Crippen molar-refractivity contribution in [2.75, 3.05) is 7.11 Å². The fraction of sp³-hybridized carbons (Fsp3) is 0.800. The van der Waals surface area contributed by atoms with Crippen LogP contribution >= 0.6 is 0 Å². The number of nitrogens with zero attached hydrogens (tertiary/aromatic N) is 1. The van der Waals surface area contributed by atoms with Gasteiger partial charge in [-0.25, -0.2) is 0 Å². The van der Waals surface area contributed by atoms with E-state index >= 15 is 0 Å². The molecule has 3 rings (SSSR count). The molecular formula is C10H15NO2. The number of hydrogen-bond acceptors (Lipinski definition) is 3. The number of carbonyl (C=O) groups excluding carboxylic acids is 1. The van der Waals surface area contributed by atoms with Crippen LogP contribution in [0.15, 0.2) is 5.16 Å². The van der Waals surface area contributed by atoms with Gasteiger partial charge >= 0.3 is 0 Å². The smallest absolute Gasteiger partial charge is 0.129 e. The highest BCUT2D eigenvalue weighted by molar-refractivity contribution is 6.03. The average Bonchev–Trinajstić information content (AvgIpc) is 2.55. The van der Waals surface area contributed by atoms with Gasteiger partial charge in [0.25, 0.3) is 0 Å². The number of hydrogen-bond donors (Lipinski definition) is 0. The highest BCUT2D eigenvalue weighted by Crippen LogP contribution is 2.62. The zero-order chi connectivity index (χ0) is 9.64. The lowest BCUT2D eigenvalue weighted by atomic mass is 9.60. The van der Waals surface area contributed by atoms with Crippen molar-refractivity contribution in [3.8, 4) is 0 Å². The third-order valence-electron chi connectivity index (χ3n) is 3.82. The minimum atomic E-state index is 0.0138. The molecule has 3 atom stereocenters. The molecule has 13 heavy (non-hydrogen) atoms. The second kappa shape index (κ2) is 2.56. The Kier molecular flexibility index (Phi) is 1.72. The van der Waals surface area contributed by atoms with Crippen molar-refractivity contribution in [3.05, 3.63) is 0 Å². The van der Waals surface area contributed by atoms with Gasteiger partial charge < -0.3 is 9.63 Å². The molecule has 3 nitrogen and oxygen atoms in total. The molecule has 3 aliphatic carbocycles.